The smallest absolute Gasteiger partial charge is 0.317 e. The van der Waals surface area contributed by atoms with E-state index in [1.54, 1.807) is 6.20 Å². The highest BCUT2D eigenvalue weighted by molar-refractivity contribution is 5.74. The van der Waals surface area contributed by atoms with Crippen LogP contribution in [0.5, 0.6) is 0 Å². The maximum atomic E-state index is 11.9. The number of likely N-dealkylation sites (tertiary alicyclic amines) is 1. The Balaban J connectivity index is 0.000000861. The van der Waals surface area contributed by atoms with Gasteiger partial charge < -0.3 is 10.2 Å². The molecule has 0 atom stereocenters. The summed E-state index contributed by atoms with van der Waals surface area (Å²) >= 11 is 0. The Morgan fingerprint density at radius 3 is 2.63 bits per heavy atom. The molecule has 0 unspecified atom stereocenters. The molecule has 1 aromatic rings. The van der Waals surface area contributed by atoms with E-state index >= 15 is 0 Å². The molecule has 0 bridgehead atoms. The van der Waals surface area contributed by atoms with Crippen LogP contribution < -0.4 is 5.32 Å². The molecule has 0 radical (unpaired) electrons. The second-order valence-electron chi connectivity index (χ2n) is 4.65. The largest absolute Gasteiger partial charge is 0.332 e. The lowest BCUT2D eigenvalue weighted by atomic mass is 10.00. The molecule has 2 amide bonds. The van der Waals surface area contributed by atoms with Gasteiger partial charge in [-0.3, -0.25) is 4.98 Å². The molecule has 0 saturated carbocycles. The second kappa shape index (κ2) is 8.51. The molecule has 1 saturated heterocycles. The molecule has 1 N–H and O–H groups in total. The summed E-state index contributed by atoms with van der Waals surface area (Å²) in [5.74, 6) is 0.745. The normalized spacial score (nSPS) is 15.4. The topological polar surface area (TPSA) is 45.2 Å². The van der Waals surface area contributed by atoms with Crippen molar-refractivity contribution in [2.75, 3.05) is 13.1 Å². The standard InChI is InChI=1S/C13H19N3O.C2H6/c1-11-5-8-16(9-6-11)13(17)15-10-12-4-2-3-7-14-12;1-2/h2-4,7,11H,5-6,8-10H2,1H3,(H,15,17);1-2H3. The number of aromatic nitrogens is 1. The average Bonchev–Trinajstić information content (AvgIpc) is 2.49. The average molecular weight is 263 g/mol. The third-order valence-corrected chi connectivity index (χ3v) is 3.22. The molecule has 19 heavy (non-hydrogen) atoms. The third-order valence-electron chi connectivity index (χ3n) is 3.22. The molecule has 2 heterocycles. The number of carbonyl (C=O) groups is 1. The first-order valence-corrected chi connectivity index (χ1v) is 7.18. The van der Waals surface area contributed by atoms with Gasteiger partial charge in [-0.2, -0.15) is 0 Å². The fraction of sp³-hybridized carbons (Fsp3) is 0.600. The van der Waals surface area contributed by atoms with Gasteiger partial charge in [0.2, 0.25) is 0 Å². The van der Waals surface area contributed by atoms with Crippen molar-refractivity contribution < 1.29 is 4.79 Å². The zero-order chi connectivity index (χ0) is 14.1. The van der Waals surface area contributed by atoms with Crippen LogP contribution in [0.1, 0.15) is 39.3 Å². The minimum absolute atomic E-state index is 0.0301. The van der Waals surface area contributed by atoms with Crippen LogP contribution in [0.4, 0.5) is 4.79 Å². The first-order chi connectivity index (χ1) is 9.25. The molecule has 1 aliphatic heterocycles. The summed E-state index contributed by atoms with van der Waals surface area (Å²) in [5, 5.41) is 2.91. The van der Waals surface area contributed by atoms with E-state index in [-0.39, 0.29) is 6.03 Å². The Labute approximate surface area is 116 Å². The Bertz CT molecular complexity index is 359. The van der Waals surface area contributed by atoms with E-state index in [2.05, 4.69) is 17.2 Å². The molecule has 0 aromatic carbocycles. The number of carbonyl (C=O) groups excluding carboxylic acids is 1. The predicted molar refractivity (Wildman–Crippen MR) is 77.8 cm³/mol. The van der Waals surface area contributed by atoms with Crippen LogP contribution in [0.25, 0.3) is 0 Å². The minimum atomic E-state index is 0.0301. The molecule has 2 rings (SSSR count). The Kier molecular flexibility index (Phi) is 6.93. The highest BCUT2D eigenvalue weighted by atomic mass is 16.2. The van der Waals surface area contributed by atoms with Crippen LogP contribution >= 0.6 is 0 Å². The summed E-state index contributed by atoms with van der Waals surface area (Å²) in [6.45, 7) is 8.49. The van der Waals surface area contributed by atoms with Gasteiger partial charge in [-0.25, -0.2) is 4.79 Å². The van der Waals surface area contributed by atoms with Crippen molar-refractivity contribution in [3.05, 3.63) is 30.1 Å². The van der Waals surface area contributed by atoms with Gasteiger partial charge in [0.1, 0.15) is 0 Å². The van der Waals surface area contributed by atoms with Gasteiger partial charge in [-0.15, -0.1) is 0 Å². The highest BCUT2D eigenvalue weighted by Crippen LogP contribution is 2.15. The van der Waals surface area contributed by atoms with Crippen LogP contribution in [0.2, 0.25) is 0 Å². The van der Waals surface area contributed by atoms with Crippen molar-refractivity contribution in [1.82, 2.24) is 15.2 Å². The van der Waals surface area contributed by atoms with Crippen LogP contribution in [-0.4, -0.2) is 29.0 Å². The van der Waals surface area contributed by atoms with Gasteiger partial charge in [0.05, 0.1) is 12.2 Å². The lowest BCUT2D eigenvalue weighted by Crippen LogP contribution is -2.43. The fourth-order valence-corrected chi connectivity index (χ4v) is 1.99. The Hall–Kier alpha value is -1.58. The number of nitrogens with zero attached hydrogens (tertiary/aromatic N) is 2. The van der Waals surface area contributed by atoms with E-state index in [0.717, 1.165) is 37.5 Å². The number of hydrogen-bond donors (Lipinski definition) is 1. The maximum Gasteiger partial charge on any atom is 0.317 e. The van der Waals surface area contributed by atoms with Crippen LogP contribution in [0, 0.1) is 5.92 Å². The molecule has 106 valence electrons. The molecule has 1 fully saturated rings. The molecule has 0 aliphatic carbocycles. The van der Waals surface area contributed by atoms with Crippen LogP contribution in [-0.2, 0) is 6.54 Å². The number of amides is 2. The van der Waals surface area contributed by atoms with E-state index in [1.165, 1.54) is 0 Å². The molecule has 4 heteroatoms. The number of nitrogens with one attached hydrogen (secondary N) is 1. The molecule has 1 aromatic heterocycles. The van der Waals surface area contributed by atoms with Crippen LogP contribution in [0.15, 0.2) is 24.4 Å². The highest BCUT2D eigenvalue weighted by Gasteiger charge is 2.19. The summed E-state index contributed by atoms with van der Waals surface area (Å²) in [7, 11) is 0. The SMILES string of the molecule is CC.CC1CCN(C(=O)NCc2ccccn2)CC1. The van der Waals surface area contributed by atoms with E-state index in [9.17, 15) is 4.79 Å². The van der Waals surface area contributed by atoms with Gasteiger partial charge in [0.15, 0.2) is 0 Å². The van der Waals surface area contributed by atoms with Crippen molar-refractivity contribution in [2.24, 2.45) is 5.92 Å². The van der Waals surface area contributed by atoms with Crippen molar-refractivity contribution in [3.8, 4) is 0 Å². The lowest BCUT2D eigenvalue weighted by molar-refractivity contribution is 0.173. The van der Waals surface area contributed by atoms with Crippen molar-refractivity contribution in [3.63, 3.8) is 0 Å². The molecule has 0 spiro atoms. The number of piperidine rings is 1. The number of urea groups is 1. The van der Waals surface area contributed by atoms with Gasteiger partial charge in [0, 0.05) is 19.3 Å². The molecule has 1 aliphatic rings. The monoisotopic (exact) mass is 263 g/mol. The zero-order valence-corrected chi connectivity index (χ0v) is 12.2. The quantitative estimate of drug-likeness (QED) is 0.891. The fourth-order valence-electron chi connectivity index (χ4n) is 1.99. The minimum Gasteiger partial charge on any atom is -0.332 e. The number of hydrogen-bond acceptors (Lipinski definition) is 2. The molecular weight excluding hydrogens is 238 g/mol. The summed E-state index contributed by atoms with van der Waals surface area (Å²) in [5.41, 5.74) is 0.895. The summed E-state index contributed by atoms with van der Waals surface area (Å²) < 4.78 is 0. The van der Waals surface area contributed by atoms with Gasteiger partial charge in [-0.05, 0) is 30.9 Å². The zero-order valence-electron chi connectivity index (χ0n) is 12.2. The van der Waals surface area contributed by atoms with Crippen molar-refractivity contribution in [2.45, 2.75) is 40.2 Å². The first-order valence-electron chi connectivity index (χ1n) is 7.18. The van der Waals surface area contributed by atoms with Gasteiger partial charge in [-0.1, -0.05) is 26.8 Å². The van der Waals surface area contributed by atoms with E-state index < -0.39 is 0 Å². The van der Waals surface area contributed by atoms with E-state index in [0.29, 0.717) is 6.54 Å². The summed E-state index contributed by atoms with van der Waals surface area (Å²) in [4.78, 5) is 17.9. The molecule has 4 nitrogen and oxygen atoms in total. The first kappa shape index (κ1) is 15.5. The molecular formula is C15H25N3O. The van der Waals surface area contributed by atoms with Crippen LogP contribution in [0.3, 0.4) is 0 Å². The van der Waals surface area contributed by atoms with Crippen molar-refractivity contribution in [1.29, 1.82) is 0 Å². The third kappa shape index (κ3) is 5.28. The lowest BCUT2D eigenvalue weighted by Gasteiger charge is -2.30. The van der Waals surface area contributed by atoms with E-state index in [1.807, 2.05) is 36.9 Å². The Morgan fingerprint density at radius 2 is 2.05 bits per heavy atom. The number of pyridine rings is 1. The second-order valence-corrected chi connectivity index (χ2v) is 4.65. The van der Waals surface area contributed by atoms with Gasteiger partial charge >= 0.3 is 6.03 Å². The maximum absolute atomic E-state index is 11.9. The van der Waals surface area contributed by atoms with Crippen molar-refractivity contribution >= 4 is 6.03 Å². The predicted octanol–water partition coefficient (Wildman–Crippen LogP) is 3.05. The van der Waals surface area contributed by atoms with E-state index in [4.69, 9.17) is 0 Å². The summed E-state index contributed by atoms with van der Waals surface area (Å²) in [6, 6.07) is 5.75. The summed E-state index contributed by atoms with van der Waals surface area (Å²) in [6.07, 6.45) is 3.96. The van der Waals surface area contributed by atoms with Gasteiger partial charge in [0.25, 0.3) is 0 Å². The number of rotatable bonds is 2. The Morgan fingerprint density at radius 1 is 1.37 bits per heavy atom.